The molecule has 1 aliphatic heterocycles. The van der Waals surface area contributed by atoms with Gasteiger partial charge in [0.15, 0.2) is 0 Å². The number of aryl methyl sites for hydroxylation is 1. The number of amides is 1. The van der Waals surface area contributed by atoms with E-state index >= 15 is 0 Å². The maximum atomic E-state index is 12.4. The van der Waals surface area contributed by atoms with Crippen LogP contribution in [0.4, 0.5) is 11.4 Å². The molecule has 1 aliphatic rings. The summed E-state index contributed by atoms with van der Waals surface area (Å²) in [6, 6.07) is 13.5. The van der Waals surface area contributed by atoms with Gasteiger partial charge in [0.05, 0.1) is 10.8 Å². The number of nitrogens with zero attached hydrogens (tertiary/aromatic N) is 2. The lowest BCUT2D eigenvalue weighted by Gasteiger charge is -2.19. The van der Waals surface area contributed by atoms with Gasteiger partial charge in [0.1, 0.15) is 6.61 Å². The molecule has 27 heavy (non-hydrogen) atoms. The average Bonchev–Trinajstić information content (AvgIpc) is 3.08. The van der Waals surface area contributed by atoms with Gasteiger partial charge in [-0.05, 0) is 35.7 Å². The van der Waals surface area contributed by atoms with E-state index in [2.05, 4.69) is 0 Å². The zero-order valence-electron chi connectivity index (χ0n) is 15.0. The molecule has 0 aliphatic carbocycles. The second-order valence-electron chi connectivity index (χ2n) is 6.42. The van der Waals surface area contributed by atoms with Crippen molar-refractivity contribution in [1.82, 2.24) is 0 Å². The Morgan fingerprint density at radius 2 is 1.93 bits per heavy atom. The zero-order valence-corrected chi connectivity index (χ0v) is 15.0. The monoisotopic (exact) mass is 368 g/mol. The highest BCUT2D eigenvalue weighted by Crippen LogP contribution is 2.29. The highest BCUT2D eigenvalue weighted by Gasteiger charge is 2.36. The summed E-state index contributed by atoms with van der Waals surface area (Å²) in [4.78, 5) is 36.6. The van der Waals surface area contributed by atoms with Crippen LogP contribution in [-0.4, -0.2) is 23.3 Å². The molecule has 7 nitrogen and oxygen atoms in total. The Kier molecular flexibility index (Phi) is 5.49. The Labute approximate surface area is 156 Å². The molecule has 1 heterocycles. The van der Waals surface area contributed by atoms with Crippen molar-refractivity contribution in [2.45, 2.75) is 26.4 Å². The number of hydrogen-bond acceptors (Lipinski definition) is 5. The first-order chi connectivity index (χ1) is 13.0. The first kappa shape index (κ1) is 18.6. The van der Waals surface area contributed by atoms with Crippen LogP contribution in [-0.2, 0) is 27.4 Å². The van der Waals surface area contributed by atoms with Crippen LogP contribution in [0.2, 0.25) is 0 Å². The fourth-order valence-electron chi connectivity index (χ4n) is 3.16. The topological polar surface area (TPSA) is 89.8 Å². The molecular weight excluding hydrogens is 348 g/mol. The van der Waals surface area contributed by atoms with Crippen molar-refractivity contribution in [2.24, 2.45) is 5.92 Å². The van der Waals surface area contributed by atoms with Crippen LogP contribution in [0.15, 0.2) is 48.5 Å². The van der Waals surface area contributed by atoms with Gasteiger partial charge in [0.25, 0.3) is 5.69 Å². The summed E-state index contributed by atoms with van der Waals surface area (Å²) in [5, 5.41) is 10.7. The van der Waals surface area contributed by atoms with Crippen molar-refractivity contribution < 1.29 is 19.2 Å². The molecule has 0 unspecified atom stereocenters. The van der Waals surface area contributed by atoms with E-state index in [1.165, 1.54) is 12.1 Å². The number of rotatable bonds is 6. The second kappa shape index (κ2) is 7.99. The molecule has 1 saturated heterocycles. The molecule has 0 spiro atoms. The summed E-state index contributed by atoms with van der Waals surface area (Å²) in [6.45, 7) is 2.34. The van der Waals surface area contributed by atoms with Crippen LogP contribution in [0.25, 0.3) is 0 Å². The van der Waals surface area contributed by atoms with Crippen LogP contribution in [0.5, 0.6) is 0 Å². The maximum absolute atomic E-state index is 12.4. The molecule has 7 heteroatoms. The first-order valence-corrected chi connectivity index (χ1v) is 8.77. The lowest BCUT2D eigenvalue weighted by molar-refractivity contribution is -0.384. The lowest BCUT2D eigenvalue weighted by Crippen LogP contribution is -2.27. The van der Waals surface area contributed by atoms with Gasteiger partial charge in [0.2, 0.25) is 5.91 Å². The van der Waals surface area contributed by atoms with Crippen LogP contribution in [0.3, 0.4) is 0 Å². The molecule has 2 aromatic rings. The fourth-order valence-corrected chi connectivity index (χ4v) is 3.16. The van der Waals surface area contributed by atoms with Crippen LogP contribution in [0, 0.1) is 16.0 Å². The third-order valence-corrected chi connectivity index (χ3v) is 4.65. The zero-order chi connectivity index (χ0) is 19.4. The average molecular weight is 368 g/mol. The van der Waals surface area contributed by atoms with Crippen molar-refractivity contribution in [2.75, 3.05) is 11.4 Å². The Balaban J connectivity index is 1.61. The van der Waals surface area contributed by atoms with E-state index in [0.29, 0.717) is 12.1 Å². The van der Waals surface area contributed by atoms with Gasteiger partial charge in [-0.3, -0.25) is 19.7 Å². The third-order valence-electron chi connectivity index (χ3n) is 4.65. The quantitative estimate of drug-likeness (QED) is 0.443. The van der Waals surface area contributed by atoms with E-state index < -0.39 is 16.8 Å². The third kappa shape index (κ3) is 4.13. The smallest absolute Gasteiger partial charge is 0.311 e. The Morgan fingerprint density at radius 3 is 2.59 bits per heavy atom. The molecule has 0 radical (unpaired) electrons. The molecule has 1 amide bonds. The maximum Gasteiger partial charge on any atom is 0.311 e. The number of carbonyl (C=O) groups excluding carboxylic acids is 2. The van der Waals surface area contributed by atoms with Crippen LogP contribution >= 0.6 is 0 Å². The second-order valence-corrected chi connectivity index (χ2v) is 6.42. The predicted molar refractivity (Wildman–Crippen MR) is 99.2 cm³/mol. The normalized spacial score (nSPS) is 16.4. The van der Waals surface area contributed by atoms with Gasteiger partial charge in [-0.15, -0.1) is 0 Å². The molecular formula is C20H20N2O5. The molecule has 0 N–H and O–H groups in total. The number of benzene rings is 2. The summed E-state index contributed by atoms with van der Waals surface area (Å²) in [6.07, 6.45) is 0.923. The van der Waals surface area contributed by atoms with Crippen molar-refractivity contribution >= 4 is 23.3 Å². The number of hydrogen-bond donors (Lipinski definition) is 0. The van der Waals surface area contributed by atoms with Gasteiger partial charge in [-0.25, -0.2) is 0 Å². The van der Waals surface area contributed by atoms with Gasteiger partial charge in [0, 0.05) is 30.8 Å². The Morgan fingerprint density at radius 1 is 1.22 bits per heavy atom. The largest absolute Gasteiger partial charge is 0.461 e. The number of para-hydroxylation sites is 1. The summed E-state index contributed by atoms with van der Waals surface area (Å²) in [5.41, 5.74) is 2.55. The van der Waals surface area contributed by atoms with Crippen LogP contribution < -0.4 is 4.90 Å². The SMILES string of the molecule is CCc1ccccc1N1C[C@@H](C(=O)OCc2ccc([N+](=O)[O-])cc2)CC1=O. The molecule has 3 rings (SSSR count). The standard InChI is InChI=1S/C20H20N2O5/c1-2-15-5-3-4-6-18(15)21-12-16(11-19(21)23)20(24)27-13-14-7-9-17(10-8-14)22(25)26/h3-10,16H,2,11-13H2,1H3/t16-/m0/s1. The molecule has 0 bridgehead atoms. The number of non-ortho nitro benzene ring substituents is 1. The molecule has 1 fully saturated rings. The van der Waals surface area contributed by atoms with Gasteiger partial charge in [-0.2, -0.15) is 0 Å². The summed E-state index contributed by atoms with van der Waals surface area (Å²) in [5.74, 6) is -1.04. The lowest BCUT2D eigenvalue weighted by atomic mass is 10.1. The van der Waals surface area contributed by atoms with Crippen molar-refractivity contribution in [1.29, 1.82) is 0 Å². The number of carbonyl (C=O) groups is 2. The van der Waals surface area contributed by atoms with E-state index in [-0.39, 0.29) is 24.6 Å². The molecule has 1 atom stereocenters. The van der Waals surface area contributed by atoms with E-state index in [1.54, 1.807) is 17.0 Å². The van der Waals surface area contributed by atoms with Gasteiger partial charge >= 0.3 is 5.97 Å². The van der Waals surface area contributed by atoms with Crippen molar-refractivity contribution in [3.8, 4) is 0 Å². The minimum Gasteiger partial charge on any atom is -0.461 e. The first-order valence-electron chi connectivity index (χ1n) is 8.77. The molecule has 2 aromatic carbocycles. The predicted octanol–water partition coefficient (Wildman–Crippen LogP) is 3.25. The van der Waals surface area contributed by atoms with E-state index in [1.807, 2.05) is 31.2 Å². The van der Waals surface area contributed by atoms with Crippen molar-refractivity contribution in [3.05, 3.63) is 69.8 Å². The number of nitro benzene ring substituents is 1. The minimum absolute atomic E-state index is 0.0169. The summed E-state index contributed by atoms with van der Waals surface area (Å²) < 4.78 is 5.31. The van der Waals surface area contributed by atoms with E-state index in [4.69, 9.17) is 4.74 Å². The number of esters is 1. The molecule has 0 saturated carbocycles. The van der Waals surface area contributed by atoms with Gasteiger partial charge < -0.3 is 9.64 Å². The highest BCUT2D eigenvalue weighted by molar-refractivity contribution is 6.00. The van der Waals surface area contributed by atoms with E-state index in [9.17, 15) is 19.7 Å². The molecule has 0 aromatic heterocycles. The van der Waals surface area contributed by atoms with Crippen LogP contribution in [0.1, 0.15) is 24.5 Å². The summed E-state index contributed by atoms with van der Waals surface area (Å²) >= 11 is 0. The van der Waals surface area contributed by atoms with E-state index in [0.717, 1.165) is 17.7 Å². The summed E-state index contributed by atoms with van der Waals surface area (Å²) in [7, 11) is 0. The molecule has 140 valence electrons. The number of nitro groups is 1. The van der Waals surface area contributed by atoms with Gasteiger partial charge in [-0.1, -0.05) is 25.1 Å². The Bertz CT molecular complexity index is 863. The minimum atomic E-state index is -0.513. The van der Waals surface area contributed by atoms with Crippen molar-refractivity contribution in [3.63, 3.8) is 0 Å². The highest BCUT2D eigenvalue weighted by atomic mass is 16.6. The Hall–Kier alpha value is -3.22. The number of anilines is 1. The number of ether oxygens (including phenoxy) is 1. The fraction of sp³-hybridized carbons (Fsp3) is 0.300.